The van der Waals surface area contributed by atoms with Gasteiger partial charge in [-0.15, -0.1) is 0 Å². The molecule has 0 bridgehead atoms. The van der Waals surface area contributed by atoms with E-state index in [1.807, 2.05) is 0 Å². The number of nitrogens with one attached hydrogen (secondary N) is 1. The molecule has 1 saturated heterocycles. The Labute approximate surface area is 123 Å². The maximum Gasteiger partial charge on any atom is 0.0479 e. The standard InChI is InChI=1S/C17H27N3/c1-3-7-19-8-10-20(11-9-19)16-13-18-12-15-6-4-5-14(2)17(15)16/h4-6,16,18H,3,7-13H2,1-2H3/t16-/m1/s1. The lowest BCUT2D eigenvalue weighted by Gasteiger charge is -2.42. The molecule has 20 heavy (non-hydrogen) atoms. The molecule has 2 heterocycles. The van der Waals surface area contributed by atoms with Crippen molar-refractivity contribution in [2.75, 3.05) is 39.3 Å². The number of fused-ring (bicyclic) bond motifs is 1. The van der Waals surface area contributed by atoms with Crippen LogP contribution >= 0.6 is 0 Å². The number of rotatable bonds is 3. The SMILES string of the molecule is CCCN1CCN([C@@H]2CNCc3cccc(C)c32)CC1. The molecule has 0 aliphatic carbocycles. The molecule has 0 spiro atoms. The fourth-order valence-electron chi connectivity index (χ4n) is 3.74. The number of aryl methyl sites for hydroxylation is 1. The normalized spacial score (nSPS) is 24.6. The molecule has 3 nitrogen and oxygen atoms in total. The molecule has 1 aromatic carbocycles. The van der Waals surface area contributed by atoms with Gasteiger partial charge in [0.2, 0.25) is 0 Å². The highest BCUT2D eigenvalue weighted by Gasteiger charge is 2.29. The van der Waals surface area contributed by atoms with Crippen LogP contribution in [0.2, 0.25) is 0 Å². The second kappa shape index (κ2) is 6.25. The number of hydrogen-bond donors (Lipinski definition) is 1. The zero-order valence-corrected chi connectivity index (χ0v) is 12.9. The van der Waals surface area contributed by atoms with E-state index in [1.165, 1.54) is 50.3 Å². The monoisotopic (exact) mass is 273 g/mol. The third-order valence-electron chi connectivity index (χ3n) is 4.79. The molecule has 0 aromatic heterocycles. The molecule has 3 heteroatoms. The summed E-state index contributed by atoms with van der Waals surface area (Å²) in [5, 5.41) is 3.60. The lowest BCUT2D eigenvalue weighted by Crippen LogP contribution is -2.50. The third kappa shape index (κ3) is 2.76. The summed E-state index contributed by atoms with van der Waals surface area (Å²) in [6.45, 7) is 12.8. The Bertz CT molecular complexity index is 450. The molecule has 1 atom stereocenters. The van der Waals surface area contributed by atoms with Crippen molar-refractivity contribution in [3.8, 4) is 0 Å². The van der Waals surface area contributed by atoms with Crippen molar-refractivity contribution in [1.29, 1.82) is 0 Å². The van der Waals surface area contributed by atoms with Gasteiger partial charge in [0.25, 0.3) is 0 Å². The van der Waals surface area contributed by atoms with Gasteiger partial charge in [-0.3, -0.25) is 4.90 Å². The van der Waals surface area contributed by atoms with E-state index in [0.717, 1.165) is 13.1 Å². The lowest BCUT2D eigenvalue weighted by atomic mass is 9.91. The molecule has 2 aliphatic rings. The van der Waals surface area contributed by atoms with Gasteiger partial charge in [-0.1, -0.05) is 25.1 Å². The Hall–Kier alpha value is -0.900. The summed E-state index contributed by atoms with van der Waals surface area (Å²) in [6.07, 6.45) is 1.27. The van der Waals surface area contributed by atoms with E-state index in [-0.39, 0.29) is 0 Å². The van der Waals surface area contributed by atoms with Crippen LogP contribution in [0.5, 0.6) is 0 Å². The fraction of sp³-hybridized carbons (Fsp3) is 0.647. The first kappa shape index (κ1) is 14.1. The Kier molecular flexibility index (Phi) is 4.39. The summed E-state index contributed by atoms with van der Waals surface area (Å²) in [5.41, 5.74) is 4.55. The first-order valence-electron chi connectivity index (χ1n) is 8.05. The highest BCUT2D eigenvalue weighted by atomic mass is 15.3. The zero-order valence-electron chi connectivity index (χ0n) is 12.9. The first-order valence-corrected chi connectivity index (χ1v) is 8.05. The minimum atomic E-state index is 0.573. The second-order valence-electron chi connectivity index (χ2n) is 6.17. The van der Waals surface area contributed by atoms with Crippen LogP contribution < -0.4 is 5.32 Å². The average Bonchev–Trinajstić information content (AvgIpc) is 2.48. The summed E-state index contributed by atoms with van der Waals surface area (Å²) in [5.74, 6) is 0. The van der Waals surface area contributed by atoms with Gasteiger partial charge in [-0.2, -0.15) is 0 Å². The van der Waals surface area contributed by atoms with E-state index in [4.69, 9.17) is 0 Å². The van der Waals surface area contributed by atoms with Crippen molar-refractivity contribution in [2.24, 2.45) is 0 Å². The lowest BCUT2D eigenvalue weighted by molar-refractivity contribution is 0.0915. The van der Waals surface area contributed by atoms with Crippen LogP contribution in [0.4, 0.5) is 0 Å². The van der Waals surface area contributed by atoms with E-state index < -0.39 is 0 Å². The van der Waals surface area contributed by atoms with Gasteiger partial charge in [0.1, 0.15) is 0 Å². The summed E-state index contributed by atoms with van der Waals surface area (Å²) in [7, 11) is 0. The van der Waals surface area contributed by atoms with E-state index in [0.29, 0.717) is 6.04 Å². The molecule has 0 amide bonds. The van der Waals surface area contributed by atoms with Crippen molar-refractivity contribution in [2.45, 2.75) is 32.9 Å². The summed E-state index contributed by atoms with van der Waals surface area (Å²) >= 11 is 0. The molecule has 2 aliphatic heterocycles. The van der Waals surface area contributed by atoms with Crippen LogP contribution in [0.25, 0.3) is 0 Å². The largest absolute Gasteiger partial charge is 0.311 e. The molecule has 0 unspecified atom stereocenters. The molecule has 3 rings (SSSR count). The summed E-state index contributed by atoms with van der Waals surface area (Å²) in [4.78, 5) is 5.29. The van der Waals surface area contributed by atoms with Gasteiger partial charge in [-0.25, -0.2) is 0 Å². The predicted molar refractivity (Wildman–Crippen MR) is 83.9 cm³/mol. The molecule has 1 aromatic rings. The van der Waals surface area contributed by atoms with Crippen molar-refractivity contribution in [3.63, 3.8) is 0 Å². The van der Waals surface area contributed by atoms with Gasteiger partial charge in [0.15, 0.2) is 0 Å². The molecule has 1 N–H and O–H groups in total. The smallest absolute Gasteiger partial charge is 0.0479 e. The minimum Gasteiger partial charge on any atom is -0.311 e. The fourth-order valence-corrected chi connectivity index (χ4v) is 3.74. The van der Waals surface area contributed by atoms with Crippen LogP contribution in [0.1, 0.15) is 36.1 Å². The Morgan fingerprint density at radius 3 is 2.75 bits per heavy atom. The van der Waals surface area contributed by atoms with Gasteiger partial charge < -0.3 is 10.2 Å². The Morgan fingerprint density at radius 2 is 2.00 bits per heavy atom. The zero-order chi connectivity index (χ0) is 13.9. The van der Waals surface area contributed by atoms with Gasteiger partial charge in [0, 0.05) is 45.3 Å². The number of nitrogens with zero attached hydrogens (tertiary/aromatic N) is 2. The van der Waals surface area contributed by atoms with Gasteiger partial charge in [-0.05, 0) is 36.6 Å². The summed E-state index contributed by atoms with van der Waals surface area (Å²) < 4.78 is 0. The van der Waals surface area contributed by atoms with E-state index in [2.05, 4.69) is 47.2 Å². The number of piperazine rings is 1. The second-order valence-corrected chi connectivity index (χ2v) is 6.17. The molecule has 0 saturated carbocycles. The highest BCUT2D eigenvalue weighted by molar-refractivity contribution is 5.39. The topological polar surface area (TPSA) is 18.5 Å². The van der Waals surface area contributed by atoms with Gasteiger partial charge >= 0.3 is 0 Å². The third-order valence-corrected chi connectivity index (χ3v) is 4.79. The molecular weight excluding hydrogens is 246 g/mol. The van der Waals surface area contributed by atoms with E-state index in [1.54, 1.807) is 5.56 Å². The molecular formula is C17H27N3. The Balaban J connectivity index is 1.74. The van der Waals surface area contributed by atoms with E-state index >= 15 is 0 Å². The van der Waals surface area contributed by atoms with Crippen molar-refractivity contribution in [3.05, 3.63) is 34.9 Å². The Morgan fingerprint density at radius 1 is 1.20 bits per heavy atom. The van der Waals surface area contributed by atoms with Crippen molar-refractivity contribution >= 4 is 0 Å². The van der Waals surface area contributed by atoms with Crippen LogP contribution in [0, 0.1) is 6.92 Å². The van der Waals surface area contributed by atoms with Crippen LogP contribution in [-0.4, -0.2) is 49.1 Å². The van der Waals surface area contributed by atoms with Crippen molar-refractivity contribution in [1.82, 2.24) is 15.1 Å². The number of hydrogen-bond acceptors (Lipinski definition) is 3. The maximum atomic E-state index is 3.60. The predicted octanol–water partition coefficient (Wildman–Crippen LogP) is 2.17. The van der Waals surface area contributed by atoms with Crippen LogP contribution in [0.3, 0.4) is 0 Å². The highest BCUT2D eigenvalue weighted by Crippen LogP contribution is 2.30. The quantitative estimate of drug-likeness (QED) is 0.910. The van der Waals surface area contributed by atoms with Crippen LogP contribution in [-0.2, 0) is 6.54 Å². The van der Waals surface area contributed by atoms with Crippen molar-refractivity contribution < 1.29 is 0 Å². The summed E-state index contributed by atoms with van der Waals surface area (Å²) in [6, 6.07) is 7.32. The molecule has 0 radical (unpaired) electrons. The van der Waals surface area contributed by atoms with E-state index in [9.17, 15) is 0 Å². The van der Waals surface area contributed by atoms with Gasteiger partial charge in [0.05, 0.1) is 0 Å². The maximum absolute atomic E-state index is 3.60. The number of benzene rings is 1. The first-order chi connectivity index (χ1) is 9.79. The minimum absolute atomic E-state index is 0.573. The molecule has 1 fully saturated rings. The average molecular weight is 273 g/mol. The molecule has 110 valence electrons. The van der Waals surface area contributed by atoms with Crippen LogP contribution in [0.15, 0.2) is 18.2 Å².